The quantitative estimate of drug-likeness (QED) is 0.458. The number of hydrogen-bond donors (Lipinski definition) is 0. The van der Waals surface area contributed by atoms with Crippen molar-refractivity contribution in [3.63, 3.8) is 0 Å². The summed E-state index contributed by atoms with van der Waals surface area (Å²) in [5.41, 5.74) is 1.06. The molecule has 3 aromatic rings. The molecule has 1 aliphatic rings. The van der Waals surface area contributed by atoms with E-state index in [1.54, 1.807) is 24.3 Å². The van der Waals surface area contributed by atoms with E-state index in [0.29, 0.717) is 19.6 Å². The molecule has 29 heavy (non-hydrogen) atoms. The van der Waals surface area contributed by atoms with Crippen molar-refractivity contribution in [2.24, 2.45) is 0 Å². The van der Waals surface area contributed by atoms with Crippen molar-refractivity contribution >= 4 is 23.4 Å². The van der Waals surface area contributed by atoms with Crippen molar-refractivity contribution in [3.8, 4) is 0 Å². The molecular weight excluding hydrogens is 411 g/mol. The van der Waals surface area contributed by atoms with Gasteiger partial charge in [0.05, 0.1) is 25.6 Å². The lowest BCUT2D eigenvalue weighted by molar-refractivity contribution is -0.180. The average molecular weight is 433 g/mol. The van der Waals surface area contributed by atoms with E-state index in [0.717, 1.165) is 27.7 Å². The highest BCUT2D eigenvalue weighted by atomic mass is 35.5. The first-order chi connectivity index (χ1) is 14.1. The standard InChI is InChI=1S/C22H22ClFN2O2S/c23-18-3-7-21(8-4-18)29-14-20-13-27-22(28-20,15-26-12-11-25-16-26)10-9-17-1-5-19(24)6-2-17/h1-8,11-12,16,20H,9-10,13-15H2. The maximum atomic E-state index is 13.2. The molecule has 1 fully saturated rings. The molecule has 0 spiro atoms. The molecule has 0 saturated carbocycles. The molecule has 7 heteroatoms. The van der Waals surface area contributed by atoms with Crippen LogP contribution >= 0.6 is 23.4 Å². The van der Waals surface area contributed by atoms with Gasteiger partial charge in [-0.1, -0.05) is 23.7 Å². The molecule has 0 bridgehead atoms. The summed E-state index contributed by atoms with van der Waals surface area (Å²) in [6, 6.07) is 14.4. The molecule has 4 rings (SSSR count). The van der Waals surface area contributed by atoms with Gasteiger partial charge in [-0.3, -0.25) is 0 Å². The van der Waals surface area contributed by atoms with E-state index < -0.39 is 5.79 Å². The van der Waals surface area contributed by atoms with Crippen LogP contribution in [0.15, 0.2) is 72.1 Å². The topological polar surface area (TPSA) is 36.3 Å². The monoisotopic (exact) mass is 432 g/mol. The average Bonchev–Trinajstić information content (AvgIpc) is 3.38. The van der Waals surface area contributed by atoms with Crippen molar-refractivity contribution in [2.75, 3.05) is 12.4 Å². The zero-order chi connectivity index (χ0) is 20.1. The third kappa shape index (κ3) is 5.60. The molecule has 1 aromatic heterocycles. The summed E-state index contributed by atoms with van der Waals surface area (Å²) >= 11 is 7.68. The largest absolute Gasteiger partial charge is 0.345 e. The zero-order valence-corrected chi connectivity index (χ0v) is 17.4. The predicted octanol–water partition coefficient (Wildman–Crippen LogP) is 5.21. The summed E-state index contributed by atoms with van der Waals surface area (Å²) in [7, 11) is 0. The summed E-state index contributed by atoms with van der Waals surface area (Å²) in [5.74, 6) is -0.154. The molecule has 0 N–H and O–H groups in total. The van der Waals surface area contributed by atoms with Gasteiger partial charge in [0, 0.05) is 34.5 Å². The lowest BCUT2D eigenvalue weighted by atomic mass is 10.0. The minimum Gasteiger partial charge on any atom is -0.345 e. The van der Waals surface area contributed by atoms with Crippen LogP contribution in [0.3, 0.4) is 0 Å². The summed E-state index contributed by atoms with van der Waals surface area (Å²) in [5, 5.41) is 0.731. The van der Waals surface area contributed by atoms with Crippen LogP contribution in [-0.2, 0) is 22.4 Å². The third-order valence-electron chi connectivity index (χ3n) is 4.85. The Hall–Kier alpha value is -1.86. The first-order valence-corrected chi connectivity index (χ1v) is 10.9. The Bertz CT molecular complexity index is 906. The zero-order valence-electron chi connectivity index (χ0n) is 15.8. The van der Waals surface area contributed by atoms with Gasteiger partial charge in [0.25, 0.3) is 0 Å². The Morgan fingerprint density at radius 3 is 2.69 bits per heavy atom. The third-order valence-corrected chi connectivity index (χ3v) is 6.25. The lowest BCUT2D eigenvalue weighted by Crippen LogP contribution is -2.37. The molecule has 2 aromatic carbocycles. The number of ether oxygens (including phenoxy) is 2. The SMILES string of the molecule is Fc1ccc(CCC2(Cn3ccnc3)OCC(CSc3ccc(Cl)cc3)O2)cc1. The van der Waals surface area contributed by atoms with Gasteiger partial charge in [-0.25, -0.2) is 9.37 Å². The van der Waals surface area contributed by atoms with Crippen molar-refractivity contribution in [1.29, 1.82) is 0 Å². The first kappa shape index (κ1) is 20.4. The predicted molar refractivity (Wildman–Crippen MR) is 113 cm³/mol. The minimum absolute atomic E-state index is 0.00702. The Kier molecular flexibility index (Phi) is 6.55. The van der Waals surface area contributed by atoms with E-state index in [1.807, 2.05) is 47.2 Å². The lowest BCUT2D eigenvalue weighted by Gasteiger charge is -2.28. The maximum absolute atomic E-state index is 13.2. The van der Waals surface area contributed by atoms with E-state index in [9.17, 15) is 4.39 Å². The summed E-state index contributed by atoms with van der Waals surface area (Å²) < 4.78 is 27.8. The molecular formula is C22H22ClFN2O2S. The van der Waals surface area contributed by atoms with Crippen LogP contribution < -0.4 is 0 Å². The maximum Gasteiger partial charge on any atom is 0.187 e. The molecule has 1 saturated heterocycles. The van der Waals surface area contributed by atoms with Crippen molar-refractivity contribution < 1.29 is 13.9 Å². The van der Waals surface area contributed by atoms with Gasteiger partial charge in [0.15, 0.2) is 5.79 Å². The summed E-state index contributed by atoms with van der Waals surface area (Å²) in [4.78, 5) is 5.27. The number of benzene rings is 2. The van der Waals surface area contributed by atoms with Gasteiger partial charge in [-0.2, -0.15) is 0 Å². The fraction of sp³-hybridized carbons (Fsp3) is 0.318. The van der Waals surface area contributed by atoms with Gasteiger partial charge >= 0.3 is 0 Å². The van der Waals surface area contributed by atoms with Crippen LogP contribution in [0.1, 0.15) is 12.0 Å². The number of halogens is 2. The number of rotatable bonds is 8. The van der Waals surface area contributed by atoms with Gasteiger partial charge < -0.3 is 14.0 Å². The molecule has 0 amide bonds. The first-order valence-electron chi connectivity index (χ1n) is 9.51. The summed E-state index contributed by atoms with van der Waals surface area (Å²) in [6.07, 6.45) is 6.83. The highest BCUT2D eigenvalue weighted by molar-refractivity contribution is 7.99. The van der Waals surface area contributed by atoms with Crippen LogP contribution in [0, 0.1) is 5.82 Å². The normalized spacial score (nSPS) is 21.5. The highest BCUT2D eigenvalue weighted by Gasteiger charge is 2.41. The highest BCUT2D eigenvalue weighted by Crippen LogP contribution is 2.33. The second-order valence-electron chi connectivity index (χ2n) is 7.09. The van der Waals surface area contributed by atoms with Gasteiger partial charge in [-0.05, 0) is 48.4 Å². The number of thioether (sulfide) groups is 1. The van der Waals surface area contributed by atoms with E-state index >= 15 is 0 Å². The molecule has 2 heterocycles. The van der Waals surface area contributed by atoms with Crippen LogP contribution in [0.2, 0.25) is 5.02 Å². The van der Waals surface area contributed by atoms with Gasteiger partial charge in [-0.15, -0.1) is 11.8 Å². The molecule has 0 radical (unpaired) electrons. The Balaban J connectivity index is 1.40. The number of aryl methyl sites for hydroxylation is 1. The molecule has 4 nitrogen and oxygen atoms in total. The van der Waals surface area contributed by atoms with Crippen LogP contribution in [0.25, 0.3) is 0 Å². The van der Waals surface area contributed by atoms with Gasteiger partial charge in [0.1, 0.15) is 5.82 Å². The Morgan fingerprint density at radius 2 is 1.97 bits per heavy atom. The van der Waals surface area contributed by atoms with E-state index in [-0.39, 0.29) is 11.9 Å². The second kappa shape index (κ2) is 9.30. The van der Waals surface area contributed by atoms with E-state index in [4.69, 9.17) is 21.1 Å². The van der Waals surface area contributed by atoms with Crippen molar-refractivity contribution in [2.45, 2.75) is 36.2 Å². The van der Waals surface area contributed by atoms with Gasteiger partial charge in [0.2, 0.25) is 0 Å². The Labute approximate surface area is 179 Å². The smallest absolute Gasteiger partial charge is 0.187 e. The second-order valence-corrected chi connectivity index (χ2v) is 8.62. The fourth-order valence-corrected chi connectivity index (χ4v) is 4.35. The number of nitrogens with zero attached hydrogens (tertiary/aromatic N) is 2. The van der Waals surface area contributed by atoms with E-state index in [2.05, 4.69) is 4.98 Å². The molecule has 2 unspecified atom stereocenters. The molecule has 1 aliphatic heterocycles. The molecule has 152 valence electrons. The van der Waals surface area contributed by atoms with Crippen molar-refractivity contribution in [1.82, 2.24) is 9.55 Å². The summed E-state index contributed by atoms with van der Waals surface area (Å²) in [6.45, 7) is 1.11. The number of aromatic nitrogens is 2. The molecule has 2 atom stereocenters. The molecule has 0 aliphatic carbocycles. The minimum atomic E-state index is -0.722. The van der Waals surface area contributed by atoms with Crippen LogP contribution in [-0.4, -0.2) is 33.8 Å². The fourth-order valence-electron chi connectivity index (χ4n) is 3.36. The van der Waals surface area contributed by atoms with Crippen LogP contribution in [0.4, 0.5) is 4.39 Å². The van der Waals surface area contributed by atoms with Crippen LogP contribution in [0.5, 0.6) is 0 Å². The van der Waals surface area contributed by atoms with E-state index in [1.165, 1.54) is 12.1 Å². The van der Waals surface area contributed by atoms with Crippen molar-refractivity contribution in [3.05, 3.63) is 83.7 Å². The number of hydrogen-bond acceptors (Lipinski definition) is 4. The Morgan fingerprint density at radius 1 is 1.17 bits per heavy atom. The number of imidazole rings is 1.